The van der Waals surface area contributed by atoms with Crippen LogP contribution in [0.1, 0.15) is 61.2 Å². The number of hydrogen-bond donors (Lipinski definition) is 4. The van der Waals surface area contributed by atoms with Crippen molar-refractivity contribution in [3.63, 3.8) is 0 Å². The lowest BCUT2D eigenvalue weighted by atomic mass is 9.85. The predicted octanol–water partition coefficient (Wildman–Crippen LogP) is 3.09. The number of furan rings is 1. The molecule has 4 N–H and O–H groups in total. The third-order valence-electron chi connectivity index (χ3n) is 5.46. The molecule has 1 heterocycles. The number of nitrogens with one attached hydrogen (secondary N) is 4. The van der Waals surface area contributed by atoms with Crippen LogP contribution in [0, 0.1) is 5.92 Å². The van der Waals surface area contributed by atoms with Crippen molar-refractivity contribution in [3.05, 3.63) is 59.5 Å². The smallest absolute Gasteiger partial charge is 0.315 e. The average Bonchev–Trinajstić information content (AvgIpc) is 3.30. The Bertz CT molecular complexity index is 910. The van der Waals surface area contributed by atoms with Crippen LogP contribution in [0.25, 0.3) is 0 Å². The largest absolute Gasteiger partial charge is 0.467 e. The lowest BCUT2D eigenvalue weighted by Gasteiger charge is -2.29. The zero-order valence-corrected chi connectivity index (χ0v) is 18.6. The van der Waals surface area contributed by atoms with E-state index in [0.717, 1.165) is 24.8 Å². The van der Waals surface area contributed by atoms with E-state index >= 15 is 0 Å². The van der Waals surface area contributed by atoms with Gasteiger partial charge in [0.15, 0.2) is 0 Å². The molecular weight excluding hydrogens is 408 g/mol. The highest BCUT2D eigenvalue weighted by Crippen LogP contribution is 2.24. The van der Waals surface area contributed by atoms with E-state index in [9.17, 15) is 14.4 Å². The second-order valence-electron chi connectivity index (χ2n) is 8.51. The molecule has 2 unspecified atom stereocenters. The molecule has 0 aliphatic heterocycles. The average molecular weight is 441 g/mol. The highest BCUT2D eigenvalue weighted by atomic mass is 16.3. The molecule has 1 fully saturated rings. The molecule has 1 aromatic heterocycles. The number of benzene rings is 1. The summed E-state index contributed by atoms with van der Waals surface area (Å²) < 4.78 is 5.22. The molecule has 2 atom stereocenters. The second-order valence-corrected chi connectivity index (χ2v) is 8.51. The van der Waals surface area contributed by atoms with Gasteiger partial charge in [-0.05, 0) is 62.9 Å². The van der Waals surface area contributed by atoms with Gasteiger partial charge >= 0.3 is 6.03 Å². The van der Waals surface area contributed by atoms with Crippen molar-refractivity contribution in [3.8, 4) is 0 Å². The van der Waals surface area contributed by atoms with Crippen LogP contribution in [0.4, 0.5) is 4.79 Å². The van der Waals surface area contributed by atoms with Gasteiger partial charge in [-0.25, -0.2) is 4.79 Å². The fourth-order valence-corrected chi connectivity index (χ4v) is 3.89. The van der Waals surface area contributed by atoms with Crippen molar-refractivity contribution < 1.29 is 18.8 Å². The summed E-state index contributed by atoms with van der Waals surface area (Å²) in [4.78, 5) is 37.0. The van der Waals surface area contributed by atoms with Gasteiger partial charge in [0.25, 0.3) is 5.91 Å². The minimum Gasteiger partial charge on any atom is -0.467 e. The van der Waals surface area contributed by atoms with E-state index in [2.05, 4.69) is 21.3 Å². The van der Waals surface area contributed by atoms with Crippen molar-refractivity contribution in [2.75, 3.05) is 0 Å². The van der Waals surface area contributed by atoms with Crippen LogP contribution in [-0.4, -0.2) is 29.9 Å². The second kappa shape index (κ2) is 11.4. The Hall–Kier alpha value is -3.29. The highest BCUT2D eigenvalue weighted by Gasteiger charge is 2.28. The van der Waals surface area contributed by atoms with E-state index in [1.54, 1.807) is 36.6 Å². The summed E-state index contributed by atoms with van der Waals surface area (Å²) in [6.07, 6.45) is 4.84. The van der Waals surface area contributed by atoms with E-state index < -0.39 is 0 Å². The molecule has 0 radical (unpaired) electrons. The summed E-state index contributed by atoms with van der Waals surface area (Å²) in [5.74, 6) is 0.474. The first kappa shape index (κ1) is 23.4. The summed E-state index contributed by atoms with van der Waals surface area (Å²) in [7, 11) is 0. The Morgan fingerprint density at radius 1 is 1.06 bits per heavy atom. The van der Waals surface area contributed by atoms with Crippen molar-refractivity contribution in [1.29, 1.82) is 0 Å². The van der Waals surface area contributed by atoms with Crippen molar-refractivity contribution in [2.45, 2.75) is 64.7 Å². The normalized spacial score (nSPS) is 18.1. The Morgan fingerprint density at radius 3 is 2.66 bits per heavy atom. The maximum atomic E-state index is 12.4. The number of hydrogen-bond acceptors (Lipinski definition) is 4. The van der Waals surface area contributed by atoms with Crippen molar-refractivity contribution >= 4 is 17.8 Å². The monoisotopic (exact) mass is 440 g/mol. The maximum Gasteiger partial charge on any atom is 0.315 e. The molecule has 172 valence electrons. The third kappa shape index (κ3) is 7.14. The summed E-state index contributed by atoms with van der Waals surface area (Å²) in [6.45, 7) is 4.51. The Morgan fingerprint density at radius 2 is 1.91 bits per heavy atom. The topological polar surface area (TPSA) is 112 Å². The maximum absolute atomic E-state index is 12.4. The summed E-state index contributed by atoms with van der Waals surface area (Å²) in [6, 6.07) is 10.5. The van der Waals surface area contributed by atoms with Gasteiger partial charge in [-0.1, -0.05) is 18.6 Å². The van der Waals surface area contributed by atoms with E-state index in [1.807, 2.05) is 19.9 Å². The summed E-state index contributed by atoms with van der Waals surface area (Å²) in [5.41, 5.74) is 1.34. The predicted molar refractivity (Wildman–Crippen MR) is 121 cm³/mol. The van der Waals surface area contributed by atoms with Gasteiger partial charge in [0, 0.05) is 30.1 Å². The Balaban J connectivity index is 1.44. The van der Waals surface area contributed by atoms with Crippen molar-refractivity contribution in [1.82, 2.24) is 21.3 Å². The van der Waals surface area contributed by atoms with Gasteiger partial charge in [0.1, 0.15) is 5.76 Å². The molecule has 32 heavy (non-hydrogen) atoms. The van der Waals surface area contributed by atoms with E-state index in [1.165, 1.54) is 0 Å². The quantitative estimate of drug-likeness (QED) is 0.505. The number of amides is 4. The van der Waals surface area contributed by atoms with Gasteiger partial charge in [-0.2, -0.15) is 0 Å². The molecular formula is C24H32N4O4. The molecule has 3 rings (SSSR count). The van der Waals surface area contributed by atoms with Gasteiger partial charge in [-0.15, -0.1) is 0 Å². The van der Waals surface area contributed by atoms with Crippen LogP contribution in [0.3, 0.4) is 0 Å². The zero-order chi connectivity index (χ0) is 22.9. The molecule has 1 aliphatic carbocycles. The van der Waals surface area contributed by atoms with Gasteiger partial charge < -0.3 is 25.7 Å². The first-order chi connectivity index (χ1) is 15.4. The molecule has 8 nitrogen and oxygen atoms in total. The number of urea groups is 1. The summed E-state index contributed by atoms with van der Waals surface area (Å²) in [5, 5.41) is 11.6. The van der Waals surface area contributed by atoms with Crippen LogP contribution in [-0.2, 0) is 17.9 Å². The Kier molecular flexibility index (Phi) is 8.30. The standard InChI is InChI=1S/C24H32N4O4/c1-16(2)27-23(30)19-8-4-9-20(13-19)28-24(31)26-14-17-6-3-7-18(12-17)22(29)25-15-21-10-5-11-32-21/h3,5-7,10-12,16,19-20H,4,8-9,13-15H2,1-2H3,(H,25,29)(H,27,30)(H2,26,28,31). The number of carbonyl (C=O) groups excluding carboxylic acids is 3. The molecule has 1 aliphatic rings. The van der Waals surface area contributed by atoms with Crippen LogP contribution in [0.2, 0.25) is 0 Å². The molecule has 0 spiro atoms. The molecule has 8 heteroatoms. The lowest BCUT2D eigenvalue weighted by Crippen LogP contribution is -2.46. The van der Waals surface area contributed by atoms with Crippen LogP contribution < -0.4 is 21.3 Å². The van der Waals surface area contributed by atoms with E-state index in [0.29, 0.717) is 30.8 Å². The van der Waals surface area contributed by atoms with E-state index in [4.69, 9.17) is 4.42 Å². The Labute approximate surface area is 188 Å². The van der Waals surface area contributed by atoms with Gasteiger partial charge in [-0.3, -0.25) is 9.59 Å². The molecule has 1 aromatic carbocycles. The van der Waals surface area contributed by atoms with Crippen LogP contribution in [0.5, 0.6) is 0 Å². The van der Waals surface area contributed by atoms with Gasteiger partial charge in [0.05, 0.1) is 12.8 Å². The molecule has 0 bridgehead atoms. The SMILES string of the molecule is CC(C)NC(=O)C1CCCC(NC(=O)NCc2cccc(C(=O)NCc3ccco3)c2)C1. The number of rotatable bonds is 8. The fraction of sp³-hybridized carbons (Fsp3) is 0.458. The molecule has 1 saturated carbocycles. The number of carbonyl (C=O) groups is 3. The third-order valence-corrected chi connectivity index (χ3v) is 5.46. The molecule has 0 saturated heterocycles. The first-order valence-electron chi connectivity index (χ1n) is 11.1. The minimum absolute atomic E-state index is 0.0228. The molecule has 2 aromatic rings. The molecule has 4 amide bonds. The van der Waals surface area contributed by atoms with Crippen molar-refractivity contribution in [2.24, 2.45) is 5.92 Å². The first-order valence-corrected chi connectivity index (χ1v) is 11.1. The fourth-order valence-electron chi connectivity index (χ4n) is 3.89. The van der Waals surface area contributed by atoms with Gasteiger partial charge in [0.2, 0.25) is 5.91 Å². The summed E-state index contributed by atoms with van der Waals surface area (Å²) >= 11 is 0. The zero-order valence-electron chi connectivity index (χ0n) is 18.6. The lowest BCUT2D eigenvalue weighted by molar-refractivity contribution is -0.126. The van der Waals surface area contributed by atoms with Crippen LogP contribution in [0.15, 0.2) is 47.1 Å². The minimum atomic E-state index is -0.271. The van der Waals surface area contributed by atoms with Crippen LogP contribution >= 0.6 is 0 Å². The van der Waals surface area contributed by atoms with E-state index in [-0.39, 0.29) is 35.8 Å². The highest BCUT2D eigenvalue weighted by molar-refractivity contribution is 5.94.